The first-order valence-corrected chi connectivity index (χ1v) is 7.46. The molecule has 0 aliphatic heterocycles. The van der Waals surface area contributed by atoms with Crippen molar-refractivity contribution in [2.75, 3.05) is 0 Å². The third-order valence-corrected chi connectivity index (χ3v) is 4.64. The first-order chi connectivity index (χ1) is 10.3. The maximum atomic E-state index is 12.9. The van der Waals surface area contributed by atoms with Crippen molar-refractivity contribution in [1.82, 2.24) is 5.32 Å². The summed E-state index contributed by atoms with van der Waals surface area (Å²) in [4.78, 5) is 11.6. The minimum absolute atomic E-state index is 0.183. The van der Waals surface area contributed by atoms with Gasteiger partial charge in [-0.1, -0.05) is 20.8 Å². The molecule has 0 radical (unpaired) electrons. The van der Waals surface area contributed by atoms with Crippen LogP contribution in [0.3, 0.4) is 0 Å². The van der Waals surface area contributed by atoms with E-state index in [4.69, 9.17) is 4.74 Å². The van der Waals surface area contributed by atoms with Gasteiger partial charge in [-0.3, -0.25) is 5.32 Å². The number of carbonyl (C=O) groups excluding carboxylic acids is 1. The molecule has 3 atom stereocenters. The molecule has 0 saturated heterocycles. The van der Waals surface area contributed by atoms with Gasteiger partial charge in [0.15, 0.2) is 0 Å². The highest BCUT2D eigenvalue weighted by molar-refractivity contribution is 5.69. The quantitative estimate of drug-likeness (QED) is 0.743. The number of amides is 1. The topological polar surface area (TPSA) is 38.3 Å². The number of halogens is 6. The zero-order valence-electron chi connectivity index (χ0n) is 13.1. The van der Waals surface area contributed by atoms with E-state index in [-0.39, 0.29) is 5.92 Å². The minimum Gasteiger partial charge on any atom is -0.446 e. The first-order valence-electron chi connectivity index (χ1n) is 7.46. The van der Waals surface area contributed by atoms with E-state index in [9.17, 15) is 31.1 Å². The van der Waals surface area contributed by atoms with Crippen LogP contribution in [-0.2, 0) is 4.74 Å². The van der Waals surface area contributed by atoms with Gasteiger partial charge in [0, 0.05) is 0 Å². The Morgan fingerprint density at radius 3 is 1.96 bits per heavy atom. The van der Waals surface area contributed by atoms with Gasteiger partial charge in [-0.05, 0) is 37.5 Å². The van der Waals surface area contributed by atoms with Gasteiger partial charge in [0.25, 0.3) is 0 Å². The summed E-state index contributed by atoms with van der Waals surface area (Å²) in [5, 5.41) is 1.02. The highest BCUT2D eigenvalue weighted by Gasteiger charge is 2.71. The largest absolute Gasteiger partial charge is 0.446 e. The minimum atomic E-state index is -5.67. The third kappa shape index (κ3) is 4.23. The Labute approximate surface area is 130 Å². The molecule has 0 heterocycles. The molecular weight excluding hydrogens is 328 g/mol. The number of hydrogen-bond donors (Lipinski definition) is 1. The molecule has 0 aromatic rings. The Kier molecular flexibility index (Phi) is 5.85. The molecule has 0 unspecified atom stereocenters. The number of alkyl halides is 6. The lowest BCUT2D eigenvalue weighted by atomic mass is 9.80. The van der Waals surface area contributed by atoms with Gasteiger partial charge in [-0.25, -0.2) is 4.79 Å². The average molecular weight is 349 g/mol. The van der Waals surface area contributed by atoms with E-state index in [1.165, 1.54) is 0 Å². The van der Waals surface area contributed by atoms with Crippen molar-refractivity contribution >= 4 is 6.09 Å². The smallest absolute Gasteiger partial charge is 0.420 e. The lowest BCUT2D eigenvalue weighted by Gasteiger charge is -2.37. The number of nitrogens with one attached hydrogen (secondary N) is 1. The van der Waals surface area contributed by atoms with Crippen molar-refractivity contribution in [2.45, 2.75) is 70.4 Å². The molecule has 1 N–H and O–H groups in total. The summed E-state index contributed by atoms with van der Waals surface area (Å²) in [7, 11) is 0. The zero-order chi connectivity index (χ0) is 18.1. The predicted molar refractivity (Wildman–Crippen MR) is 70.7 cm³/mol. The molecule has 1 fully saturated rings. The molecule has 1 rings (SSSR count). The number of ether oxygens (including phenoxy) is 1. The Hall–Kier alpha value is -1.15. The molecule has 1 aliphatic carbocycles. The summed E-state index contributed by atoms with van der Waals surface area (Å²) in [6.07, 6.45) is -13.5. The molecule has 1 saturated carbocycles. The van der Waals surface area contributed by atoms with Gasteiger partial charge in [-0.2, -0.15) is 26.3 Å². The molecule has 0 bridgehead atoms. The van der Waals surface area contributed by atoms with Crippen LogP contribution >= 0.6 is 0 Å². The van der Waals surface area contributed by atoms with Crippen molar-refractivity contribution in [3.05, 3.63) is 0 Å². The van der Waals surface area contributed by atoms with E-state index < -0.39 is 36.5 Å². The van der Waals surface area contributed by atoms with E-state index >= 15 is 0 Å². The summed E-state index contributed by atoms with van der Waals surface area (Å²) >= 11 is 0. The number of rotatable bonds is 3. The molecule has 0 aromatic carbocycles. The van der Waals surface area contributed by atoms with Crippen LogP contribution in [0.15, 0.2) is 0 Å². The Balaban J connectivity index is 2.83. The molecule has 1 aliphatic rings. The zero-order valence-corrected chi connectivity index (χ0v) is 13.1. The molecule has 3 nitrogen and oxygen atoms in total. The molecule has 136 valence electrons. The van der Waals surface area contributed by atoms with Crippen molar-refractivity contribution < 1.29 is 35.9 Å². The van der Waals surface area contributed by atoms with Crippen molar-refractivity contribution in [3.63, 3.8) is 0 Å². The number of hydrogen-bond acceptors (Lipinski definition) is 2. The second-order valence-electron chi connectivity index (χ2n) is 6.17. The monoisotopic (exact) mass is 349 g/mol. The second-order valence-corrected chi connectivity index (χ2v) is 6.17. The second kappa shape index (κ2) is 6.76. The maximum Gasteiger partial charge on any atom is 0.420 e. The summed E-state index contributed by atoms with van der Waals surface area (Å²) in [6.45, 7) is 4.61. The van der Waals surface area contributed by atoms with E-state index in [1.807, 2.05) is 13.8 Å². The summed E-state index contributed by atoms with van der Waals surface area (Å²) in [5.74, 6) is 0.556. The van der Waals surface area contributed by atoms with E-state index in [1.54, 1.807) is 0 Å². The lowest BCUT2D eigenvalue weighted by Crippen LogP contribution is -2.67. The van der Waals surface area contributed by atoms with Gasteiger partial charge in [0.2, 0.25) is 5.54 Å². The standard InChI is InChI=1S/C14H21F6NO2/c1-4-12(13(15,16)17,14(18,19)20)21-11(22)23-10-6-5-8(2)9(3)7-10/h8-10H,4-7H2,1-3H3,(H,21,22)/t8-,9-,10+/m1/s1. The van der Waals surface area contributed by atoms with Crippen molar-refractivity contribution in [1.29, 1.82) is 0 Å². The molecule has 0 aromatic heterocycles. The first kappa shape index (κ1) is 19.9. The van der Waals surface area contributed by atoms with Crippen molar-refractivity contribution in [2.24, 2.45) is 11.8 Å². The van der Waals surface area contributed by atoms with Crippen LogP contribution in [0.25, 0.3) is 0 Å². The number of carbonyl (C=O) groups is 1. The molecule has 9 heteroatoms. The normalized spacial score (nSPS) is 26.7. The fraction of sp³-hybridized carbons (Fsp3) is 0.929. The fourth-order valence-corrected chi connectivity index (χ4v) is 2.75. The molecular formula is C14H21F6NO2. The fourth-order valence-electron chi connectivity index (χ4n) is 2.75. The Morgan fingerprint density at radius 1 is 1.04 bits per heavy atom. The van der Waals surface area contributed by atoms with Gasteiger partial charge in [0.1, 0.15) is 6.10 Å². The maximum absolute atomic E-state index is 12.9. The van der Waals surface area contributed by atoms with Gasteiger partial charge in [0.05, 0.1) is 0 Å². The van der Waals surface area contributed by atoms with Crippen LogP contribution in [0, 0.1) is 11.8 Å². The van der Waals surface area contributed by atoms with Crippen LogP contribution in [0.5, 0.6) is 0 Å². The van der Waals surface area contributed by atoms with E-state index in [0.29, 0.717) is 32.1 Å². The highest BCUT2D eigenvalue weighted by atomic mass is 19.4. The Bertz CT molecular complexity index is 406. The van der Waals surface area contributed by atoms with Gasteiger partial charge >= 0.3 is 18.4 Å². The van der Waals surface area contributed by atoms with Crippen LogP contribution in [0.1, 0.15) is 46.5 Å². The van der Waals surface area contributed by atoms with Gasteiger partial charge in [-0.15, -0.1) is 0 Å². The van der Waals surface area contributed by atoms with Gasteiger partial charge < -0.3 is 4.74 Å². The van der Waals surface area contributed by atoms with Crippen molar-refractivity contribution in [3.8, 4) is 0 Å². The molecule has 0 spiro atoms. The Morgan fingerprint density at radius 2 is 1.57 bits per heavy atom. The lowest BCUT2D eigenvalue weighted by molar-refractivity contribution is -0.305. The highest BCUT2D eigenvalue weighted by Crippen LogP contribution is 2.45. The third-order valence-electron chi connectivity index (χ3n) is 4.64. The summed E-state index contributed by atoms with van der Waals surface area (Å²) < 4.78 is 82.4. The number of alkyl carbamates (subject to hydrolysis) is 1. The van der Waals surface area contributed by atoms with Crippen LogP contribution in [-0.4, -0.2) is 30.1 Å². The van der Waals surface area contributed by atoms with Crippen LogP contribution in [0.4, 0.5) is 31.1 Å². The van der Waals surface area contributed by atoms with Crippen LogP contribution in [0.2, 0.25) is 0 Å². The summed E-state index contributed by atoms with van der Waals surface area (Å²) in [6, 6.07) is 0. The molecule has 23 heavy (non-hydrogen) atoms. The van der Waals surface area contributed by atoms with Crippen LogP contribution < -0.4 is 5.32 Å². The summed E-state index contributed by atoms with van der Waals surface area (Å²) in [5.41, 5.74) is -4.30. The van der Waals surface area contributed by atoms with E-state index in [0.717, 1.165) is 5.32 Å². The average Bonchev–Trinajstić information content (AvgIpc) is 2.37. The van der Waals surface area contributed by atoms with E-state index in [2.05, 4.69) is 0 Å². The molecule has 1 amide bonds. The SMILES string of the molecule is CCC(NC(=O)O[C@H]1CC[C@@H](C)[C@H](C)C1)(C(F)(F)F)C(F)(F)F. The predicted octanol–water partition coefficient (Wildman–Crippen LogP) is 4.81.